The third-order valence-electron chi connectivity index (χ3n) is 5.68. The van der Waals surface area contributed by atoms with Crippen molar-refractivity contribution in [3.63, 3.8) is 0 Å². The number of aliphatic hydroxyl groups is 2. The SMILES string of the molecule is Nc1ncc2ncn([C@H]3C[C@H]([Si-]O)[C@@H](COCc4ccccc4)[C@@]3(O)CO)c2n1. The van der Waals surface area contributed by atoms with Crippen LogP contribution in [0.5, 0.6) is 0 Å². The van der Waals surface area contributed by atoms with Gasteiger partial charge in [-0.3, -0.25) is 9.76 Å². The van der Waals surface area contributed by atoms with Crippen LogP contribution in [-0.2, 0) is 11.3 Å². The van der Waals surface area contributed by atoms with Crippen molar-refractivity contribution in [3.05, 3.63) is 48.4 Å². The van der Waals surface area contributed by atoms with Gasteiger partial charge in [0.15, 0.2) is 5.65 Å². The largest absolute Gasteiger partial charge is 0.634 e. The van der Waals surface area contributed by atoms with Crippen LogP contribution in [0.15, 0.2) is 42.9 Å². The molecule has 0 spiro atoms. The van der Waals surface area contributed by atoms with Crippen LogP contribution in [0.25, 0.3) is 11.2 Å². The van der Waals surface area contributed by atoms with Gasteiger partial charge in [-0.15, -0.1) is 0 Å². The number of hydrogen-bond acceptors (Lipinski definition) is 8. The van der Waals surface area contributed by atoms with Gasteiger partial charge in [0.1, 0.15) is 11.1 Å². The summed E-state index contributed by atoms with van der Waals surface area (Å²) < 4.78 is 7.57. The van der Waals surface area contributed by atoms with Crippen LogP contribution in [0.1, 0.15) is 18.0 Å². The predicted molar refractivity (Wildman–Crippen MR) is 107 cm³/mol. The number of ether oxygens (including phenoxy) is 1. The van der Waals surface area contributed by atoms with E-state index in [9.17, 15) is 15.0 Å². The molecule has 1 aromatic carbocycles. The number of nitrogens with zero attached hydrogens (tertiary/aromatic N) is 4. The van der Waals surface area contributed by atoms with Crippen molar-refractivity contribution < 1.29 is 19.7 Å². The second-order valence-corrected chi connectivity index (χ2v) is 8.33. The van der Waals surface area contributed by atoms with Crippen molar-refractivity contribution in [3.8, 4) is 0 Å². The Morgan fingerprint density at radius 3 is 2.79 bits per heavy atom. The molecule has 5 N–H and O–H groups in total. The second kappa shape index (κ2) is 8.17. The minimum atomic E-state index is -1.50. The number of imidazole rings is 1. The molecule has 153 valence electrons. The van der Waals surface area contributed by atoms with Gasteiger partial charge in [0.25, 0.3) is 0 Å². The third kappa shape index (κ3) is 3.65. The Kier molecular flexibility index (Phi) is 5.61. The molecule has 4 rings (SSSR count). The summed E-state index contributed by atoms with van der Waals surface area (Å²) in [6, 6.07) is 9.20. The van der Waals surface area contributed by atoms with E-state index in [0.717, 1.165) is 5.56 Å². The maximum absolute atomic E-state index is 11.5. The molecule has 0 bridgehead atoms. The smallest absolute Gasteiger partial charge is 0.222 e. The zero-order valence-electron chi connectivity index (χ0n) is 15.7. The molecule has 2 heterocycles. The zero-order chi connectivity index (χ0) is 20.4. The van der Waals surface area contributed by atoms with E-state index < -0.39 is 24.2 Å². The summed E-state index contributed by atoms with van der Waals surface area (Å²) in [5.74, 6) is -0.339. The average molecular weight is 414 g/mol. The number of aliphatic hydroxyl groups excluding tert-OH is 1. The molecule has 2 aromatic heterocycles. The van der Waals surface area contributed by atoms with Crippen molar-refractivity contribution in [1.82, 2.24) is 19.5 Å². The maximum atomic E-state index is 11.5. The fourth-order valence-electron chi connectivity index (χ4n) is 4.13. The second-order valence-electron chi connectivity index (χ2n) is 7.33. The first-order chi connectivity index (χ1) is 14.1. The molecule has 1 fully saturated rings. The normalized spacial score (nSPS) is 26.9. The van der Waals surface area contributed by atoms with Gasteiger partial charge in [0.05, 0.1) is 38.4 Å². The molecule has 29 heavy (non-hydrogen) atoms. The predicted octanol–water partition coefficient (Wildman–Crippen LogP) is 0.310. The summed E-state index contributed by atoms with van der Waals surface area (Å²) in [4.78, 5) is 22.4. The number of nitrogens with two attached hydrogens (primary N) is 1. The molecule has 0 amide bonds. The first-order valence-electron chi connectivity index (χ1n) is 9.36. The van der Waals surface area contributed by atoms with Gasteiger partial charge in [-0.05, 0) is 11.5 Å². The van der Waals surface area contributed by atoms with Crippen molar-refractivity contribution in [2.75, 3.05) is 18.9 Å². The highest BCUT2D eigenvalue weighted by atomic mass is 28.2. The summed E-state index contributed by atoms with van der Waals surface area (Å²) in [7, 11) is -0.388. The van der Waals surface area contributed by atoms with Crippen LogP contribution in [-0.4, -0.2) is 63.1 Å². The monoisotopic (exact) mass is 413 g/mol. The number of benzene rings is 1. The molecule has 1 aliphatic rings. The van der Waals surface area contributed by atoms with E-state index >= 15 is 0 Å². The lowest BCUT2D eigenvalue weighted by Gasteiger charge is -2.37. The molecule has 1 saturated carbocycles. The van der Waals surface area contributed by atoms with Crippen LogP contribution in [0.2, 0.25) is 5.54 Å². The Labute approximate surface area is 170 Å². The highest BCUT2D eigenvalue weighted by Crippen LogP contribution is 2.50. The molecule has 0 aliphatic heterocycles. The van der Waals surface area contributed by atoms with E-state index in [4.69, 9.17) is 10.5 Å². The quantitative estimate of drug-likeness (QED) is 0.406. The minimum Gasteiger partial charge on any atom is -0.634 e. The maximum Gasteiger partial charge on any atom is 0.222 e. The standard InChI is InChI=1S/C19H23N5O4Si/c20-18-21-7-14-17(23-18)24(11-22-14)16-6-15(29-27)13(19(16,26)10-25)9-28-8-12-4-2-1-3-5-12/h1-5,7,11,13,15-16,25-27H,6,8-10H2,(H2,20,21,23)/q-1/t13-,15+,16+,19+/m1/s1. The van der Waals surface area contributed by atoms with Gasteiger partial charge in [0.2, 0.25) is 5.95 Å². The van der Waals surface area contributed by atoms with Crippen LogP contribution in [0, 0.1) is 5.92 Å². The topological polar surface area (TPSA) is 140 Å². The van der Waals surface area contributed by atoms with Gasteiger partial charge in [0, 0.05) is 0 Å². The van der Waals surface area contributed by atoms with Crippen molar-refractivity contribution in [2.24, 2.45) is 5.92 Å². The molecule has 3 aromatic rings. The van der Waals surface area contributed by atoms with Crippen LogP contribution < -0.4 is 5.73 Å². The fourth-order valence-corrected chi connectivity index (χ4v) is 5.02. The highest BCUT2D eigenvalue weighted by molar-refractivity contribution is 6.28. The van der Waals surface area contributed by atoms with Crippen molar-refractivity contribution in [1.29, 1.82) is 0 Å². The van der Waals surface area contributed by atoms with Crippen LogP contribution in [0.4, 0.5) is 5.95 Å². The molecule has 1 aliphatic carbocycles. The summed E-state index contributed by atoms with van der Waals surface area (Å²) in [6.45, 7) is 0.130. The number of rotatable bonds is 7. The van der Waals surface area contributed by atoms with Gasteiger partial charge < -0.3 is 30.0 Å². The van der Waals surface area contributed by atoms with Gasteiger partial charge in [-0.25, -0.2) is 9.97 Å². The lowest BCUT2D eigenvalue weighted by molar-refractivity contribution is -0.0936. The molecular weight excluding hydrogens is 390 g/mol. The van der Waals surface area contributed by atoms with Crippen molar-refractivity contribution in [2.45, 2.75) is 30.2 Å². The van der Waals surface area contributed by atoms with Gasteiger partial charge >= 0.3 is 0 Å². The Bertz CT molecular complexity index is 972. The molecule has 1 radical (unpaired) electrons. The summed E-state index contributed by atoms with van der Waals surface area (Å²) in [5, 5.41) is 21.6. The minimum absolute atomic E-state index is 0.105. The van der Waals surface area contributed by atoms with E-state index in [2.05, 4.69) is 15.0 Å². The number of hydrogen-bond donors (Lipinski definition) is 4. The number of aromatic nitrogens is 4. The zero-order valence-corrected chi connectivity index (χ0v) is 16.7. The Balaban J connectivity index is 1.59. The number of anilines is 1. The Morgan fingerprint density at radius 2 is 2.07 bits per heavy atom. The van der Waals surface area contributed by atoms with E-state index in [1.54, 1.807) is 10.9 Å². The number of nitrogen functional groups attached to an aromatic ring is 1. The lowest BCUT2D eigenvalue weighted by Crippen LogP contribution is -2.46. The van der Waals surface area contributed by atoms with E-state index in [-0.39, 0.29) is 27.9 Å². The Morgan fingerprint density at radius 1 is 1.28 bits per heavy atom. The van der Waals surface area contributed by atoms with Gasteiger partial charge in [-0.1, -0.05) is 36.8 Å². The first-order valence-corrected chi connectivity index (χ1v) is 10.4. The summed E-state index contributed by atoms with van der Waals surface area (Å²) in [6.07, 6.45) is 3.54. The number of fused-ring (bicyclic) bond motifs is 1. The van der Waals surface area contributed by atoms with E-state index in [1.165, 1.54) is 6.20 Å². The summed E-state index contributed by atoms with van der Waals surface area (Å²) in [5.41, 5.74) is 6.06. The third-order valence-corrected chi connectivity index (χ3v) is 6.65. The lowest BCUT2D eigenvalue weighted by atomic mass is 9.89. The first kappa shape index (κ1) is 19.9. The van der Waals surface area contributed by atoms with E-state index in [0.29, 0.717) is 24.2 Å². The molecule has 10 heteroatoms. The fraction of sp³-hybridized carbons (Fsp3) is 0.421. The van der Waals surface area contributed by atoms with Gasteiger partial charge in [-0.2, -0.15) is 10.5 Å². The van der Waals surface area contributed by atoms with Crippen LogP contribution >= 0.6 is 0 Å². The molecule has 0 saturated heterocycles. The molecule has 9 nitrogen and oxygen atoms in total. The molecular formula is C19H23N5O4Si-. The van der Waals surface area contributed by atoms with Crippen LogP contribution in [0.3, 0.4) is 0 Å². The molecule has 4 atom stereocenters. The van der Waals surface area contributed by atoms with Crippen molar-refractivity contribution >= 4 is 26.9 Å². The average Bonchev–Trinajstić information content (AvgIpc) is 3.27. The highest BCUT2D eigenvalue weighted by Gasteiger charge is 2.51. The Hall–Kier alpha value is -2.37. The van der Waals surface area contributed by atoms with E-state index in [1.807, 2.05) is 30.3 Å². The summed E-state index contributed by atoms with van der Waals surface area (Å²) >= 11 is 0. The molecule has 0 unspecified atom stereocenters.